The Bertz CT molecular complexity index is 401. The molecule has 0 aliphatic carbocycles. The Kier molecular flexibility index (Phi) is 3.09. The first-order valence-electron chi connectivity index (χ1n) is 4.77. The number of halogens is 1. The van der Waals surface area contributed by atoms with Crippen molar-refractivity contribution in [2.24, 2.45) is 0 Å². The number of nitrogens with zero attached hydrogens (tertiary/aromatic N) is 3. The zero-order valence-electron chi connectivity index (χ0n) is 8.34. The maximum absolute atomic E-state index is 10.7. The van der Waals surface area contributed by atoms with Crippen molar-refractivity contribution >= 4 is 17.7 Å². The summed E-state index contributed by atoms with van der Waals surface area (Å²) in [6, 6.07) is 0. The van der Waals surface area contributed by atoms with Crippen molar-refractivity contribution in [3.63, 3.8) is 0 Å². The molecule has 1 N–H and O–H groups in total. The molecule has 16 heavy (non-hydrogen) atoms. The van der Waals surface area contributed by atoms with Gasteiger partial charge in [-0.1, -0.05) is 11.6 Å². The van der Waals surface area contributed by atoms with Crippen LogP contribution in [0.15, 0.2) is 12.4 Å². The Morgan fingerprint density at radius 2 is 2.44 bits per heavy atom. The molecule has 0 bridgehead atoms. The van der Waals surface area contributed by atoms with Gasteiger partial charge in [0.05, 0.1) is 18.9 Å². The van der Waals surface area contributed by atoms with Gasteiger partial charge in [-0.3, -0.25) is 4.98 Å². The number of carboxylic acid groups (broad SMARTS) is 1. The molecule has 2 heterocycles. The van der Waals surface area contributed by atoms with Gasteiger partial charge in [-0.15, -0.1) is 0 Å². The lowest BCUT2D eigenvalue weighted by atomic mass is 10.3. The van der Waals surface area contributed by atoms with Gasteiger partial charge in [-0.2, -0.15) is 4.98 Å². The average Bonchev–Trinajstić information content (AvgIpc) is 2.66. The highest BCUT2D eigenvalue weighted by Crippen LogP contribution is 2.17. The topological polar surface area (TPSA) is 75.5 Å². The van der Waals surface area contributed by atoms with Gasteiger partial charge in [-0.05, 0) is 0 Å². The Labute approximate surface area is 96.8 Å². The third-order valence-electron chi connectivity index (χ3n) is 2.29. The number of aromatic nitrogens is 2. The van der Waals surface area contributed by atoms with Crippen LogP contribution in [0, 0.1) is 0 Å². The van der Waals surface area contributed by atoms with Crippen LogP contribution in [0.5, 0.6) is 5.88 Å². The number of hydrogen-bond donors (Lipinski definition) is 1. The van der Waals surface area contributed by atoms with Crippen molar-refractivity contribution in [1.82, 2.24) is 14.9 Å². The molecular weight excluding hydrogens is 234 g/mol. The van der Waals surface area contributed by atoms with Crippen LogP contribution in [-0.2, 0) is 0 Å². The van der Waals surface area contributed by atoms with Crippen molar-refractivity contribution in [3.8, 4) is 5.88 Å². The first kappa shape index (κ1) is 10.9. The van der Waals surface area contributed by atoms with Gasteiger partial charge >= 0.3 is 6.09 Å². The molecule has 2 rings (SSSR count). The number of likely N-dealkylation sites (tertiary alicyclic amines) is 1. The highest BCUT2D eigenvalue weighted by molar-refractivity contribution is 6.29. The van der Waals surface area contributed by atoms with E-state index in [2.05, 4.69) is 9.97 Å². The molecule has 1 aromatic heterocycles. The molecule has 0 spiro atoms. The second-order valence-electron chi connectivity index (χ2n) is 3.44. The molecule has 0 aromatic carbocycles. The van der Waals surface area contributed by atoms with Gasteiger partial charge in [0.1, 0.15) is 6.10 Å². The quantitative estimate of drug-likeness (QED) is 0.846. The van der Waals surface area contributed by atoms with E-state index in [4.69, 9.17) is 21.4 Å². The fourth-order valence-electron chi connectivity index (χ4n) is 1.55. The van der Waals surface area contributed by atoms with Crippen LogP contribution in [0.2, 0.25) is 5.15 Å². The summed E-state index contributed by atoms with van der Waals surface area (Å²) in [6.45, 7) is 0.831. The molecule has 1 saturated heterocycles. The van der Waals surface area contributed by atoms with Crippen molar-refractivity contribution in [2.75, 3.05) is 13.1 Å². The normalized spacial score (nSPS) is 19.8. The van der Waals surface area contributed by atoms with Crippen molar-refractivity contribution in [1.29, 1.82) is 0 Å². The number of amides is 1. The molecule has 1 aliphatic heterocycles. The van der Waals surface area contributed by atoms with E-state index in [-0.39, 0.29) is 11.3 Å². The van der Waals surface area contributed by atoms with Gasteiger partial charge in [0.2, 0.25) is 5.88 Å². The van der Waals surface area contributed by atoms with E-state index in [0.717, 1.165) is 0 Å². The summed E-state index contributed by atoms with van der Waals surface area (Å²) in [5.41, 5.74) is 0. The van der Waals surface area contributed by atoms with E-state index in [1.165, 1.54) is 17.3 Å². The second-order valence-corrected chi connectivity index (χ2v) is 3.82. The molecule has 0 saturated carbocycles. The van der Waals surface area contributed by atoms with Crippen molar-refractivity contribution in [2.45, 2.75) is 12.5 Å². The first-order valence-corrected chi connectivity index (χ1v) is 5.15. The average molecular weight is 244 g/mol. The number of ether oxygens (including phenoxy) is 1. The van der Waals surface area contributed by atoms with Crippen LogP contribution < -0.4 is 4.74 Å². The SMILES string of the molecule is O=C(O)N1CC[C@@H](Oc2cncc(Cl)n2)C1. The molecule has 1 aliphatic rings. The number of hydrogen-bond acceptors (Lipinski definition) is 4. The summed E-state index contributed by atoms with van der Waals surface area (Å²) in [4.78, 5) is 19.7. The largest absolute Gasteiger partial charge is 0.471 e. The molecule has 0 radical (unpaired) electrons. The summed E-state index contributed by atoms with van der Waals surface area (Å²) in [5.74, 6) is 0.324. The molecular formula is C9H10ClN3O3. The molecule has 1 fully saturated rings. The number of carbonyl (C=O) groups is 1. The van der Waals surface area contributed by atoms with Crippen LogP contribution in [0.1, 0.15) is 6.42 Å². The van der Waals surface area contributed by atoms with E-state index >= 15 is 0 Å². The van der Waals surface area contributed by atoms with E-state index in [1.54, 1.807) is 0 Å². The zero-order chi connectivity index (χ0) is 11.5. The fraction of sp³-hybridized carbons (Fsp3) is 0.444. The van der Waals surface area contributed by atoms with Gasteiger partial charge in [0.25, 0.3) is 0 Å². The Morgan fingerprint density at radius 3 is 3.06 bits per heavy atom. The predicted octanol–water partition coefficient (Wildman–Crippen LogP) is 1.26. The standard InChI is InChI=1S/C9H10ClN3O3/c10-7-3-11-4-8(12-7)16-6-1-2-13(5-6)9(14)15/h3-4,6H,1-2,5H2,(H,14,15)/t6-/m1/s1. The first-order chi connectivity index (χ1) is 7.65. The van der Waals surface area contributed by atoms with Crippen molar-refractivity contribution in [3.05, 3.63) is 17.5 Å². The lowest BCUT2D eigenvalue weighted by Crippen LogP contribution is -2.29. The van der Waals surface area contributed by atoms with E-state index in [0.29, 0.717) is 25.4 Å². The minimum atomic E-state index is -0.928. The van der Waals surface area contributed by atoms with Gasteiger partial charge < -0.3 is 14.7 Å². The van der Waals surface area contributed by atoms with Crippen LogP contribution in [0.4, 0.5) is 4.79 Å². The maximum atomic E-state index is 10.7. The molecule has 6 nitrogen and oxygen atoms in total. The Morgan fingerprint density at radius 1 is 1.62 bits per heavy atom. The molecule has 0 unspecified atom stereocenters. The monoisotopic (exact) mass is 243 g/mol. The van der Waals surface area contributed by atoms with Gasteiger partial charge in [-0.25, -0.2) is 4.79 Å². The summed E-state index contributed by atoms with van der Waals surface area (Å²) in [5, 5.41) is 9.02. The summed E-state index contributed by atoms with van der Waals surface area (Å²) >= 11 is 5.65. The number of rotatable bonds is 2. The predicted molar refractivity (Wildman–Crippen MR) is 55.7 cm³/mol. The maximum Gasteiger partial charge on any atom is 0.407 e. The molecule has 1 atom stereocenters. The smallest absolute Gasteiger partial charge is 0.407 e. The van der Waals surface area contributed by atoms with Crippen LogP contribution >= 0.6 is 11.6 Å². The molecule has 1 amide bonds. The molecule has 86 valence electrons. The zero-order valence-corrected chi connectivity index (χ0v) is 9.09. The van der Waals surface area contributed by atoms with Crippen LogP contribution in [0.3, 0.4) is 0 Å². The Balaban J connectivity index is 1.94. The summed E-state index contributed by atoms with van der Waals surface area (Å²) in [7, 11) is 0. The van der Waals surface area contributed by atoms with Gasteiger partial charge in [0.15, 0.2) is 5.15 Å². The van der Waals surface area contributed by atoms with E-state index in [1.807, 2.05) is 0 Å². The molecule has 7 heteroatoms. The fourth-order valence-corrected chi connectivity index (χ4v) is 1.69. The molecule has 1 aromatic rings. The minimum Gasteiger partial charge on any atom is -0.471 e. The highest BCUT2D eigenvalue weighted by Gasteiger charge is 2.27. The highest BCUT2D eigenvalue weighted by atomic mass is 35.5. The minimum absolute atomic E-state index is 0.177. The van der Waals surface area contributed by atoms with Crippen molar-refractivity contribution < 1.29 is 14.6 Å². The van der Waals surface area contributed by atoms with E-state index in [9.17, 15) is 4.79 Å². The summed E-state index contributed by atoms with van der Waals surface area (Å²) in [6.07, 6.45) is 2.41. The van der Waals surface area contributed by atoms with E-state index < -0.39 is 6.09 Å². The Hall–Kier alpha value is -1.56. The van der Waals surface area contributed by atoms with Crippen LogP contribution in [0.25, 0.3) is 0 Å². The lowest BCUT2D eigenvalue weighted by Gasteiger charge is -2.13. The second kappa shape index (κ2) is 4.52. The van der Waals surface area contributed by atoms with Crippen LogP contribution in [-0.4, -0.2) is 45.3 Å². The lowest BCUT2D eigenvalue weighted by molar-refractivity contribution is 0.144. The third-order valence-corrected chi connectivity index (χ3v) is 2.47. The third kappa shape index (κ3) is 2.52. The summed E-state index contributed by atoms with van der Waals surface area (Å²) < 4.78 is 5.47. The van der Waals surface area contributed by atoms with Gasteiger partial charge in [0, 0.05) is 13.0 Å².